The molecule has 1 radical (unpaired) electrons. The van der Waals surface area contributed by atoms with E-state index in [4.69, 9.17) is 23.2 Å². The lowest BCUT2D eigenvalue weighted by molar-refractivity contribution is 0.375. The monoisotopic (exact) mass is 179 g/mol. The van der Waals surface area contributed by atoms with Crippen LogP contribution in [0.25, 0.3) is 0 Å². The summed E-state index contributed by atoms with van der Waals surface area (Å²) in [5.74, 6) is 0.442. The van der Waals surface area contributed by atoms with E-state index < -0.39 is 0 Å². The van der Waals surface area contributed by atoms with Crippen molar-refractivity contribution in [3.63, 3.8) is 0 Å². The molecular formula is C8H13Cl2. The second-order valence-electron chi connectivity index (χ2n) is 2.92. The molecule has 0 nitrogen and oxygen atoms in total. The lowest BCUT2D eigenvalue weighted by Gasteiger charge is -2.30. The van der Waals surface area contributed by atoms with Crippen LogP contribution in [0.15, 0.2) is 0 Å². The lowest BCUT2D eigenvalue weighted by atomic mass is 9.86. The Labute approximate surface area is 72.9 Å². The van der Waals surface area contributed by atoms with Gasteiger partial charge in [0.15, 0.2) is 0 Å². The minimum absolute atomic E-state index is 0.272. The van der Waals surface area contributed by atoms with Crippen LogP contribution in [0, 0.1) is 12.8 Å². The van der Waals surface area contributed by atoms with E-state index in [2.05, 4.69) is 6.92 Å². The molecule has 2 unspecified atom stereocenters. The molecule has 0 aromatic heterocycles. The van der Waals surface area contributed by atoms with E-state index in [0.717, 1.165) is 19.3 Å². The molecule has 1 rings (SSSR count). The molecule has 0 heterocycles. The lowest BCUT2D eigenvalue weighted by Crippen LogP contribution is -2.28. The highest BCUT2D eigenvalue weighted by atomic mass is 35.5. The van der Waals surface area contributed by atoms with E-state index in [1.54, 1.807) is 0 Å². The van der Waals surface area contributed by atoms with Crippen molar-refractivity contribution in [2.45, 2.75) is 36.4 Å². The van der Waals surface area contributed by atoms with Gasteiger partial charge < -0.3 is 0 Å². The van der Waals surface area contributed by atoms with E-state index in [1.165, 1.54) is 6.42 Å². The van der Waals surface area contributed by atoms with Crippen molar-refractivity contribution >= 4 is 23.2 Å². The second kappa shape index (κ2) is 3.82. The topological polar surface area (TPSA) is 0 Å². The van der Waals surface area contributed by atoms with Crippen molar-refractivity contribution in [3.05, 3.63) is 6.92 Å². The first-order valence-electron chi connectivity index (χ1n) is 3.83. The summed E-state index contributed by atoms with van der Waals surface area (Å²) in [7, 11) is 0. The van der Waals surface area contributed by atoms with Crippen LogP contribution in [0.1, 0.15) is 25.7 Å². The molecule has 1 saturated carbocycles. The van der Waals surface area contributed by atoms with Gasteiger partial charge in [0.1, 0.15) is 0 Å². The van der Waals surface area contributed by atoms with E-state index in [9.17, 15) is 0 Å². The highest BCUT2D eigenvalue weighted by Crippen LogP contribution is 2.34. The maximum Gasteiger partial charge on any atom is 0.0378 e. The molecule has 0 aliphatic heterocycles. The van der Waals surface area contributed by atoms with E-state index in [0.29, 0.717) is 5.92 Å². The zero-order valence-electron chi connectivity index (χ0n) is 6.02. The van der Waals surface area contributed by atoms with Crippen molar-refractivity contribution in [3.8, 4) is 0 Å². The molecule has 10 heavy (non-hydrogen) atoms. The summed E-state index contributed by atoms with van der Waals surface area (Å²) in [6.45, 7) is 3.84. The van der Waals surface area contributed by atoms with Gasteiger partial charge in [-0.2, -0.15) is 0 Å². The maximum atomic E-state index is 6.05. The predicted molar refractivity (Wildman–Crippen MR) is 46.6 cm³/mol. The molecule has 0 saturated heterocycles. The number of hydrogen-bond donors (Lipinski definition) is 0. The van der Waals surface area contributed by atoms with Gasteiger partial charge in [-0.15, -0.1) is 23.2 Å². The van der Waals surface area contributed by atoms with E-state index >= 15 is 0 Å². The van der Waals surface area contributed by atoms with Crippen LogP contribution >= 0.6 is 23.2 Å². The first-order valence-corrected chi connectivity index (χ1v) is 4.70. The Bertz CT molecular complexity index is 93.4. The summed E-state index contributed by atoms with van der Waals surface area (Å²) in [6, 6.07) is 0. The highest BCUT2D eigenvalue weighted by molar-refractivity contribution is 6.24. The van der Waals surface area contributed by atoms with Crippen LogP contribution in [0.5, 0.6) is 0 Å². The molecule has 1 aliphatic carbocycles. The minimum Gasteiger partial charge on any atom is -0.123 e. The smallest absolute Gasteiger partial charge is 0.0378 e. The maximum absolute atomic E-state index is 6.05. The fourth-order valence-corrected chi connectivity index (χ4v) is 2.51. The molecule has 0 aromatic carbocycles. The first-order chi connectivity index (χ1) is 4.75. The Morgan fingerprint density at radius 3 is 2.00 bits per heavy atom. The molecule has 0 spiro atoms. The van der Waals surface area contributed by atoms with Gasteiger partial charge in [-0.1, -0.05) is 13.3 Å². The molecule has 1 fully saturated rings. The summed E-state index contributed by atoms with van der Waals surface area (Å²) in [5.41, 5.74) is 0. The molecule has 59 valence electrons. The normalized spacial score (nSPS) is 41.7. The van der Waals surface area contributed by atoms with Crippen molar-refractivity contribution in [2.24, 2.45) is 5.92 Å². The Morgan fingerprint density at radius 2 is 1.70 bits per heavy atom. The van der Waals surface area contributed by atoms with Gasteiger partial charge in [0.05, 0.1) is 0 Å². The standard InChI is InChI=1S/C8H13Cl2/c1-2-6-7(9)4-3-5-8(6)10/h6-8H,1-5H2. The van der Waals surface area contributed by atoms with Crippen LogP contribution in [0.4, 0.5) is 0 Å². The summed E-state index contributed by atoms with van der Waals surface area (Å²) in [4.78, 5) is 0. The zero-order valence-corrected chi connectivity index (χ0v) is 7.54. The molecule has 2 heteroatoms. The van der Waals surface area contributed by atoms with Gasteiger partial charge in [-0.05, 0) is 25.2 Å². The van der Waals surface area contributed by atoms with Crippen molar-refractivity contribution in [2.75, 3.05) is 0 Å². The third-order valence-corrected chi connectivity index (χ3v) is 3.31. The fourth-order valence-electron chi connectivity index (χ4n) is 1.52. The van der Waals surface area contributed by atoms with E-state index in [-0.39, 0.29) is 10.8 Å². The van der Waals surface area contributed by atoms with Crippen LogP contribution in [-0.4, -0.2) is 10.8 Å². The molecule has 0 amide bonds. The third-order valence-electron chi connectivity index (χ3n) is 2.22. The van der Waals surface area contributed by atoms with Crippen molar-refractivity contribution in [1.29, 1.82) is 0 Å². The average molecular weight is 180 g/mol. The van der Waals surface area contributed by atoms with Crippen LogP contribution in [0.2, 0.25) is 0 Å². The fraction of sp³-hybridized carbons (Fsp3) is 0.875. The summed E-state index contributed by atoms with van der Waals surface area (Å²) in [6.07, 6.45) is 4.29. The number of alkyl halides is 2. The SMILES string of the molecule is [CH2]CC1C(Cl)CCCC1Cl. The van der Waals surface area contributed by atoms with Crippen molar-refractivity contribution in [1.82, 2.24) is 0 Å². The van der Waals surface area contributed by atoms with Crippen LogP contribution in [0.3, 0.4) is 0 Å². The Morgan fingerprint density at radius 1 is 1.20 bits per heavy atom. The summed E-state index contributed by atoms with van der Waals surface area (Å²) >= 11 is 12.1. The molecule has 1 aliphatic rings. The van der Waals surface area contributed by atoms with Gasteiger partial charge in [-0.3, -0.25) is 0 Å². The number of hydrogen-bond acceptors (Lipinski definition) is 0. The average Bonchev–Trinajstić information content (AvgIpc) is 1.88. The largest absolute Gasteiger partial charge is 0.123 e. The zero-order chi connectivity index (χ0) is 7.56. The van der Waals surface area contributed by atoms with E-state index in [1.807, 2.05) is 0 Å². The number of halogens is 2. The Kier molecular flexibility index (Phi) is 3.32. The van der Waals surface area contributed by atoms with Gasteiger partial charge in [0.2, 0.25) is 0 Å². The Balaban J connectivity index is 2.45. The number of rotatable bonds is 1. The molecule has 2 atom stereocenters. The van der Waals surface area contributed by atoms with Gasteiger partial charge in [0.25, 0.3) is 0 Å². The quantitative estimate of drug-likeness (QED) is 0.543. The van der Waals surface area contributed by atoms with Gasteiger partial charge in [0, 0.05) is 10.8 Å². The van der Waals surface area contributed by atoms with Gasteiger partial charge in [-0.25, -0.2) is 0 Å². The highest BCUT2D eigenvalue weighted by Gasteiger charge is 2.28. The van der Waals surface area contributed by atoms with Crippen LogP contribution < -0.4 is 0 Å². The molecule has 0 bridgehead atoms. The second-order valence-corrected chi connectivity index (χ2v) is 4.04. The van der Waals surface area contributed by atoms with Crippen LogP contribution in [-0.2, 0) is 0 Å². The first kappa shape index (κ1) is 8.67. The minimum atomic E-state index is 0.272. The summed E-state index contributed by atoms with van der Waals surface area (Å²) in [5, 5.41) is 0.544. The predicted octanol–water partition coefficient (Wildman–Crippen LogP) is 3.23. The Hall–Kier alpha value is 0.580. The molecule has 0 N–H and O–H groups in total. The van der Waals surface area contributed by atoms with Crippen molar-refractivity contribution < 1.29 is 0 Å². The summed E-state index contributed by atoms with van der Waals surface area (Å²) < 4.78 is 0. The van der Waals surface area contributed by atoms with Gasteiger partial charge >= 0.3 is 0 Å². The molecular weight excluding hydrogens is 167 g/mol. The molecule has 0 aromatic rings. The third kappa shape index (κ3) is 1.79.